The third kappa shape index (κ3) is 3.56. The molecular formula is C28H26BrN3O2. The molecule has 172 valence electrons. The molecule has 0 saturated carbocycles. The molecule has 2 aromatic carbocycles. The van der Waals surface area contributed by atoms with Crippen molar-refractivity contribution in [1.29, 1.82) is 0 Å². The molecule has 3 aliphatic rings. The number of furan rings is 1. The smallest absolute Gasteiger partial charge is 0.285 e. The maximum atomic E-state index is 12.5. The van der Waals surface area contributed by atoms with E-state index in [4.69, 9.17) is 10.2 Å². The van der Waals surface area contributed by atoms with Gasteiger partial charge in [-0.3, -0.25) is 14.7 Å². The van der Waals surface area contributed by atoms with Crippen LogP contribution < -0.4 is 5.73 Å². The number of halogens is 1. The van der Waals surface area contributed by atoms with Crippen LogP contribution in [0.25, 0.3) is 22.1 Å². The van der Waals surface area contributed by atoms with Gasteiger partial charge in [0.1, 0.15) is 5.58 Å². The van der Waals surface area contributed by atoms with Crippen molar-refractivity contribution in [2.75, 3.05) is 13.1 Å². The molecule has 3 fully saturated rings. The molecule has 4 aromatic rings. The number of benzene rings is 2. The minimum atomic E-state index is -0.547. The van der Waals surface area contributed by atoms with Crippen LogP contribution in [-0.4, -0.2) is 34.9 Å². The van der Waals surface area contributed by atoms with Gasteiger partial charge < -0.3 is 10.2 Å². The van der Waals surface area contributed by atoms with Gasteiger partial charge in [-0.25, -0.2) is 0 Å². The van der Waals surface area contributed by atoms with Crippen LogP contribution in [0.4, 0.5) is 0 Å². The van der Waals surface area contributed by atoms with Crippen molar-refractivity contribution in [2.24, 2.45) is 11.7 Å². The molecule has 3 saturated heterocycles. The van der Waals surface area contributed by atoms with Crippen molar-refractivity contribution < 1.29 is 9.21 Å². The van der Waals surface area contributed by atoms with E-state index in [2.05, 4.69) is 44.0 Å². The molecule has 2 N–H and O–H groups in total. The summed E-state index contributed by atoms with van der Waals surface area (Å²) in [6, 6.07) is 18.7. The summed E-state index contributed by atoms with van der Waals surface area (Å²) >= 11 is 3.83. The average Bonchev–Trinajstić information content (AvgIpc) is 3.25. The molecule has 0 spiro atoms. The number of aromatic nitrogens is 1. The number of hydrogen-bond donors (Lipinski definition) is 1. The number of amides is 1. The van der Waals surface area contributed by atoms with Crippen LogP contribution in [-0.2, 0) is 6.42 Å². The van der Waals surface area contributed by atoms with Crippen LogP contribution in [0.5, 0.6) is 0 Å². The van der Waals surface area contributed by atoms with E-state index in [0.29, 0.717) is 23.5 Å². The number of hydrogen-bond acceptors (Lipinski definition) is 4. The van der Waals surface area contributed by atoms with E-state index in [1.165, 1.54) is 24.0 Å². The molecule has 1 amide bonds. The maximum absolute atomic E-state index is 12.5. The molecule has 6 heteroatoms. The minimum absolute atomic E-state index is 0.222. The molecule has 7 rings (SSSR count). The summed E-state index contributed by atoms with van der Waals surface area (Å²) in [7, 11) is 0. The average molecular weight is 516 g/mol. The van der Waals surface area contributed by atoms with E-state index < -0.39 is 5.91 Å². The number of fused-ring (bicyclic) bond motifs is 4. The van der Waals surface area contributed by atoms with Crippen LogP contribution in [0, 0.1) is 5.92 Å². The SMILES string of the molecule is NC(=O)c1oc2ccccc2c1-c1c(Br)cccc1C1C2CCN(CC2)C1Cc1cccnc1. The van der Waals surface area contributed by atoms with Gasteiger partial charge in [0.25, 0.3) is 5.91 Å². The van der Waals surface area contributed by atoms with Crippen molar-refractivity contribution in [2.45, 2.75) is 31.2 Å². The number of para-hydroxylation sites is 1. The summed E-state index contributed by atoms with van der Waals surface area (Å²) < 4.78 is 6.94. The van der Waals surface area contributed by atoms with Gasteiger partial charge >= 0.3 is 0 Å². The van der Waals surface area contributed by atoms with E-state index in [0.717, 1.165) is 40.5 Å². The molecule has 2 unspecified atom stereocenters. The second-order valence-corrected chi connectivity index (χ2v) is 10.3. The van der Waals surface area contributed by atoms with Crippen LogP contribution >= 0.6 is 15.9 Å². The van der Waals surface area contributed by atoms with Crippen molar-refractivity contribution in [3.05, 3.63) is 88.4 Å². The van der Waals surface area contributed by atoms with Gasteiger partial charge in [0, 0.05) is 45.3 Å². The lowest BCUT2D eigenvalue weighted by atomic mass is 9.68. The monoisotopic (exact) mass is 515 g/mol. The Bertz CT molecular complexity index is 1360. The highest BCUT2D eigenvalue weighted by atomic mass is 79.9. The first-order chi connectivity index (χ1) is 16.6. The number of rotatable bonds is 5. The summed E-state index contributed by atoms with van der Waals surface area (Å²) in [4.78, 5) is 19.5. The first kappa shape index (κ1) is 21.6. The molecule has 34 heavy (non-hydrogen) atoms. The number of nitrogens with zero attached hydrogens (tertiary/aromatic N) is 2. The zero-order chi connectivity index (χ0) is 23.2. The fourth-order valence-electron chi connectivity index (χ4n) is 6.18. The minimum Gasteiger partial charge on any atom is -0.450 e. The van der Waals surface area contributed by atoms with Gasteiger partial charge in [0.2, 0.25) is 0 Å². The Labute approximate surface area is 207 Å². The lowest BCUT2D eigenvalue weighted by Gasteiger charge is -2.52. The first-order valence-electron chi connectivity index (χ1n) is 11.8. The summed E-state index contributed by atoms with van der Waals surface area (Å²) in [5, 5.41) is 0.912. The van der Waals surface area contributed by atoms with Crippen LogP contribution in [0.15, 0.2) is 75.9 Å². The highest BCUT2D eigenvalue weighted by Crippen LogP contribution is 2.50. The van der Waals surface area contributed by atoms with Crippen molar-refractivity contribution in [3.63, 3.8) is 0 Å². The van der Waals surface area contributed by atoms with Gasteiger partial charge in [-0.15, -0.1) is 0 Å². The molecule has 0 radical (unpaired) electrons. The Morgan fingerprint density at radius 1 is 1.06 bits per heavy atom. The third-order valence-corrected chi connectivity index (χ3v) is 8.27. The van der Waals surface area contributed by atoms with Crippen LogP contribution in [0.3, 0.4) is 0 Å². The van der Waals surface area contributed by atoms with Gasteiger partial charge in [-0.05, 0) is 67.6 Å². The molecule has 2 bridgehead atoms. The van der Waals surface area contributed by atoms with Gasteiger partial charge in [0.15, 0.2) is 5.76 Å². The van der Waals surface area contributed by atoms with E-state index in [9.17, 15) is 4.79 Å². The fourth-order valence-corrected chi connectivity index (χ4v) is 6.76. The lowest BCUT2D eigenvalue weighted by molar-refractivity contribution is 0.0258. The van der Waals surface area contributed by atoms with Crippen LogP contribution in [0.1, 0.15) is 40.4 Å². The lowest BCUT2D eigenvalue weighted by Crippen LogP contribution is -2.54. The Morgan fingerprint density at radius 2 is 1.88 bits per heavy atom. The summed E-state index contributed by atoms with van der Waals surface area (Å²) in [6.07, 6.45) is 7.15. The van der Waals surface area contributed by atoms with Crippen molar-refractivity contribution in [3.8, 4) is 11.1 Å². The van der Waals surface area contributed by atoms with E-state index >= 15 is 0 Å². The number of primary amides is 1. The second-order valence-electron chi connectivity index (χ2n) is 9.40. The van der Waals surface area contributed by atoms with Gasteiger partial charge in [0.05, 0.1) is 0 Å². The standard InChI is InChI=1S/C28H26BrN3O2/c29-21-8-3-7-20(25(21)26-19-6-1-2-9-23(19)34-27(26)28(30)33)24-18-10-13-32(14-11-18)22(24)15-17-5-4-12-31-16-17/h1-9,12,16,18,22,24H,10-11,13-15H2,(H2,30,33). The molecule has 0 aliphatic carbocycles. The third-order valence-electron chi connectivity index (χ3n) is 7.61. The molecule has 2 aromatic heterocycles. The summed E-state index contributed by atoms with van der Waals surface area (Å²) in [5.74, 6) is 0.604. The van der Waals surface area contributed by atoms with Gasteiger partial charge in [-0.1, -0.05) is 52.3 Å². The Kier molecular flexibility index (Phi) is 5.50. The predicted octanol–water partition coefficient (Wildman–Crippen LogP) is 5.78. The van der Waals surface area contributed by atoms with E-state index in [-0.39, 0.29) is 5.76 Å². The normalized spacial score (nSPS) is 23.9. The topological polar surface area (TPSA) is 72.4 Å². The number of pyridine rings is 1. The summed E-state index contributed by atoms with van der Waals surface area (Å²) in [6.45, 7) is 2.27. The highest BCUT2D eigenvalue weighted by molar-refractivity contribution is 9.10. The van der Waals surface area contributed by atoms with Crippen molar-refractivity contribution in [1.82, 2.24) is 9.88 Å². The Morgan fingerprint density at radius 3 is 2.65 bits per heavy atom. The van der Waals surface area contributed by atoms with E-state index in [1.54, 1.807) is 0 Å². The number of carbonyl (C=O) groups excluding carboxylic acids is 1. The molecular weight excluding hydrogens is 490 g/mol. The first-order valence-corrected chi connectivity index (χ1v) is 12.6. The van der Waals surface area contributed by atoms with E-state index in [1.807, 2.05) is 48.8 Å². The second kappa shape index (κ2) is 8.67. The van der Waals surface area contributed by atoms with Crippen LogP contribution in [0.2, 0.25) is 0 Å². The Balaban J connectivity index is 1.55. The molecule has 3 aliphatic heterocycles. The zero-order valence-electron chi connectivity index (χ0n) is 18.8. The predicted molar refractivity (Wildman–Crippen MR) is 137 cm³/mol. The largest absolute Gasteiger partial charge is 0.450 e. The Hall–Kier alpha value is -2.96. The fraction of sp³-hybridized carbons (Fsp3) is 0.286. The highest BCUT2D eigenvalue weighted by Gasteiger charge is 2.44. The van der Waals surface area contributed by atoms with Gasteiger partial charge in [-0.2, -0.15) is 0 Å². The quantitative estimate of drug-likeness (QED) is 0.365. The number of carbonyl (C=O) groups is 1. The number of piperidine rings is 3. The molecule has 2 atom stereocenters. The summed E-state index contributed by atoms with van der Waals surface area (Å²) in [5.41, 5.74) is 10.8. The maximum Gasteiger partial charge on any atom is 0.285 e. The number of nitrogens with two attached hydrogens (primary N) is 1. The van der Waals surface area contributed by atoms with Crippen molar-refractivity contribution >= 4 is 32.8 Å². The molecule has 5 heterocycles. The molecule has 5 nitrogen and oxygen atoms in total. The zero-order valence-corrected chi connectivity index (χ0v) is 20.4.